The Kier molecular flexibility index (Phi) is 26.6. The predicted octanol–water partition coefficient (Wildman–Crippen LogP) is 11.0. The summed E-state index contributed by atoms with van der Waals surface area (Å²) in [4.78, 5) is 15.3. The monoisotopic (exact) mass is 1310 g/mol. The summed E-state index contributed by atoms with van der Waals surface area (Å²) in [6.07, 6.45) is 6.92. The normalized spacial score (nSPS) is 18.9. The van der Waals surface area contributed by atoms with Crippen LogP contribution >= 0.6 is 46.4 Å². The van der Waals surface area contributed by atoms with Gasteiger partial charge in [0.1, 0.15) is 35.9 Å². The molecule has 4 aromatic carbocycles. The fraction of sp³-hybridized carbons (Fsp3) is 0.477. The predicted molar refractivity (Wildman–Crippen MR) is 348 cm³/mol. The molecule has 0 radical (unpaired) electrons. The van der Waals surface area contributed by atoms with E-state index in [9.17, 15) is 34.0 Å². The molecule has 1 unspecified atom stereocenters. The van der Waals surface area contributed by atoms with Crippen molar-refractivity contribution in [3.05, 3.63) is 175 Å². The molecule has 0 bridgehead atoms. The average molecular weight is 1320 g/mol. The molecule has 88 heavy (non-hydrogen) atoms. The first kappa shape index (κ1) is 72.2. The molecule has 0 amide bonds. The van der Waals surface area contributed by atoms with Crippen molar-refractivity contribution in [2.24, 2.45) is 0 Å². The molecule has 3 saturated heterocycles. The highest BCUT2D eigenvalue weighted by atomic mass is 35.5. The van der Waals surface area contributed by atoms with Gasteiger partial charge >= 0.3 is 0 Å². The Balaban J connectivity index is 0.000000218. The molecule has 0 saturated carbocycles. The van der Waals surface area contributed by atoms with Crippen LogP contribution in [0.25, 0.3) is 0 Å². The van der Waals surface area contributed by atoms with Crippen molar-refractivity contribution in [1.82, 2.24) is 20.2 Å². The van der Waals surface area contributed by atoms with E-state index in [1.54, 1.807) is 65.1 Å². The molecule has 18 nitrogen and oxygen atoms in total. The maximum Gasteiger partial charge on any atom is 0.264 e. The van der Waals surface area contributed by atoms with E-state index in [1.807, 2.05) is 72.8 Å². The van der Waals surface area contributed by atoms with E-state index >= 15 is 0 Å². The smallest absolute Gasteiger partial charge is 0.264 e. The third-order valence-corrected chi connectivity index (χ3v) is 16.2. The summed E-state index contributed by atoms with van der Waals surface area (Å²) in [5.41, 5.74) is 2.20. The molecule has 6 aromatic rings. The molecular weight excluding hydrogens is 1230 g/mol. The topological polar surface area (TPSA) is 229 Å². The number of ether oxygens (including phenoxy) is 4. The maximum absolute atomic E-state index is 11.3. The first-order chi connectivity index (χ1) is 41.0. The highest BCUT2D eigenvalue weighted by Crippen LogP contribution is 2.40. The van der Waals surface area contributed by atoms with E-state index in [-0.39, 0.29) is 52.2 Å². The number of hydrogen-bond donors (Lipinski definition) is 6. The highest BCUT2D eigenvalue weighted by molar-refractivity contribution is 7.86. The lowest BCUT2D eigenvalue weighted by atomic mass is 9.95. The lowest BCUT2D eigenvalue weighted by molar-refractivity contribution is -0.169. The third-order valence-electron chi connectivity index (χ3n) is 14.6. The van der Waals surface area contributed by atoms with Gasteiger partial charge in [-0.3, -0.25) is 19.1 Å². The molecule has 5 atom stereocenters. The van der Waals surface area contributed by atoms with Crippen molar-refractivity contribution >= 4 is 67.9 Å². The molecule has 0 aliphatic carbocycles. The molecule has 6 N–H and O–H groups in total. The standard InChI is InChI=1S/C29H35Cl2N3O4.C20H24Cl2N2O2.C15H23NO6S.CH4/c1-28(2,36)19-38-24-10-11-26(25(31)14-24)34-13-12-33(16-27(34)20-4-7-22(30)8-5-20)18-29(3,37)21-6-9-23(17-35)32-15-21;1-20(2,25)13-26-16-7-8-18(17(22)11-16)24-10-9-23-12-19(24)14-3-5-15(21)6-4-14;1-15(17,11-22-23(2,18)19)12-6-7-13(16-9-12)10-21-14-5-3-4-8-20-14;/h4-11,14-15,27,35-37H,12-13,16-19H2,1-3H3;3-8,11,19,23,25H,9-10,12-13H2,1-2H3;6-7,9,14,17H,3-5,8,10-11H2,1-2H3;1H4/t27-,29+;19-;14?,15-;/m001./s1. The Morgan fingerprint density at radius 1 is 0.648 bits per heavy atom. The number of aliphatic hydroxyl groups excluding tert-OH is 1. The van der Waals surface area contributed by atoms with Crippen molar-refractivity contribution in [1.29, 1.82) is 0 Å². The molecule has 3 aliphatic rings. The lowest BCUT2D eigenvalue weighted by Gasteiger charge is -2.45. The van der Waals surface area contributed by atoms with E-state index in [1.165, 1.54) is 18.7 Å². The molecule has 482 valence electrons. The Hall–Kier alpha value is -4.91. The minimum absolute atomic E-state index is 0. The number of anilines is 2. The van der Waals surface area contributed by atoms with E-state index in [0.717, 1.165) is 80.3 Å². The number of β-amino-alcohol motifs (C(OH)–C–C–N with tert-alkyl or cyclic N) is 1. The van der Waals surface area contributed by atoms with Gasteiger partial charge in [0, 0.05) is 98.1 Å². The van der Waals surface area contributed by atoms with Crippen molar-refractivity contribution in [3.8, 4) is 11.5 Å². The van der Waals surface area contributed by atoms with E-state index in [2.05, 4.69) is 46.3 Å². The number of pyridine rings is 2. The van der Waals surface area contributed by atoms with Crippen LogP contribution in [0.5, 0.6) is 11.5 Å². The van der Waals surface area contributed by atoms with Gasteiger partial charge in [-0.05, 0) is 133 Å². The SMILES string of the molecule is C.CC(C)(O)COc1ccc(N2CCN(C[C@@](C)(O)c3ccc(CO)nc3)C[C@H]2c2ccc(Cl)cc2)c(Cl)c1.CC(C)(O)COc1ccc(N2CCNC[C@H]2c2ccc(Cl)cc2)c(Cl)c1.C[C@@](O)(COS(C)(=O)=O)c1ccc(COC2CCCCO2)nc1. The summed E-state index contributed by atoms with van der Waals surface area (Å²) in [6, 6.07) is 34.1. The second kappa shape index (κ2) is 32.4. The van der Waals surface area contributed by atoms with Gasteiger partial charge in [0.2, 0.25) is 0 Å². The quantitative estimate of drug-likeness (QED) is 0.0368. The van der Waals surface area contributed by atoms with Crippen LogP contribution in [0.3, 0.4) is 0 Å². The lowest BCUT2D eigenvalue weighted by Crippen LogP contribution is -2.52. The Bertz CT molecular complexity index is 3220. The summed E-state index contributed by atoms with van der Waals surface area (Å²) in [5, 5.41) is 56.7. The molecule has 9 rings (SSSR count). The number of benzene rings is 4. The van der Waals surface area contributed by atoms with Gasteiger partial charge < -0.3 is 59.6 Å². The van der Waals surface area contributed by atoms with Crippen LogP contribution in [-0.2, 0) is 48.2 Å². The Morgan fingerprint density at radius 3 is 1.65 bits per heavy atom. The molecule has 3 fully saturated rings. The minimum atomic E-state index is -3.61. The molecule has 2 aromatic heterocycles. The van der Waals surface area contributed by atoms with Gasteiger partial charge in [0.25, 0.3) is 10.1 Å². The third kappa shape index (κ3) is 22.5. The number of halogens is 4. The summed E-state index contributed by atoms with van der Waals surface area (Å²) < 4.78 is 49.2. The largest absolute Gasteiger partial charge is 0.491 e. The van der Waals surface area contributed by atoms with E-state index in [4.69, 9.17) is 65.4 Å². The van der Waals surface area contributed by atoms with Crippen LogP contribution in [0.4, 0.5) is 11.4 Å². The van der Waals surface area contributed by atoms with Crippen molar-refractivity contribution < 1.29 is 57.1 Å². The summed E-state index contributed by atoms with van der Waals surface area (Å²) in [7, 11) is -3.61. The van der Waals surface area contributed by atoms with Gasteiger partial charge in [0.05, 0.1) is 82.2 Å². The molecule has 5 heterocycles. The van der Waals surface area contributed by atoms with Gasteiger partial charge in [-0.25, -0.2) is 0 Å². The number of aromatic nitrogens is 2. The number of rotatable bonds is 21. The maximum atomic E-state index is 11.3. The summed E-state index contributed by atoms with van der Waals surface area (Å²) >= 11 is 25.5. The zero-order valence-electron chi connectivity index (χ0n) is 50.3. The molecular formula is C65H86Cl4N6O12S. The van der Waals surface area contributed by atoms with Crippen molar-refractivity contribution in [2.75, 3.05) is 88.3 Å². The minimum Gasteiger partial charge on any atom is -0.491 e. The molecule has 0 spiro atoms. The van der Waals surface area contributed by atoms with Gasteiger partial charge in [-0.15, -0.1) is 0 Å². The van der Waals surface area contributed by atoms with Crippen LogP contribution in [0.1, 0.15) is 114 Å². The number of piperazine rings is 2. The van der Waals surface area contributed by atoms with Crippen LogP contribution < -0.4 is 24.6 Å². The Morgan fingerprint density at radius 2 is 1.17 bits per heavy atom. The zero-order valence-corrected chi connectivity index (χ0v) is 54.2. The van der Waals surface area contributed by atoms with Crippen molar-refractivity contribution in [2.45, 2.75) is 122 Å². The average Bonchev–Trinajstić information content (AvgIpc) is 2.12. The van der Waals surface area contributed by atoms with E-state index < -0.39 is 32.5 Å². The molecule has 23 heteroatoms. The number of nitrogens with zero attached hydrogens (tertiary/aromatic N) is 5. The van der Waals surface area contributed by atoms with E-state index in [0.29, 0.717) is 75.3 Å². The highest BCUT2D eigenvalue weighted by Gasteiger charge is 2.35. The zero-order chi connectivity index (χ0) is 63.2. The first-order valence-electron chi connectivity index (χ1n) is 28.9. The van der Waals surface area contributed by atoms with Crippen molar-refractivity contribution in [3.63, 3.8) is 0 Å². The van der Waals surface area contributed by atoms with Crippen LogP contribution in [0.2, 0.25) is 20.1 Å². The fourth-order valence-electron chi connectivity index (χ4n) is 9.88. The first-order valence-corrected chi connectivity index (χ1v) is 32.2. The van der Waals surface area contributed by atoms with Gasteiger partial charge in [0.15, 0.2) is 6.29 Å². The number of aliphatic hydroxyl groups is 5. The summed E-state index contributed by atoms with van der Waals surface area (Å²) in [5.74, 6) is 1.25. The van der Waals surface area contributed by atoms with Crippen LogP contribution in [0, 0.1) is 0 Å². The number of nitrogens with one attached hydrogen (secondary N) is 1. The van der Waals surface area contributed by atoms with Crippen LogP contribution in [-0.4, -0.2) is 145 Å². The fourth-order valence-corrected chi connectivity index (χ4v) is 11.1. The Labute approximate surface area is 539 Å². The second-order valence-electron chi connectivity index (χ2n) is 23.7. The number of hydrogen-bond acceptors (Lipinski definition) is 18. The summed E-state index contributed by atoms with van der Waals surface area (Å²) in [6.45, 7) is 16.1. The second-order valence-corrected chi connectivity index (χ2v) is 27.1. The van der Waals surface area contributed by atoms with Gasteiger partial charge in [-0.1, -0.05) is 90.2 Å². The molecule has 3 aliphatic heterocycles. The van der Waals surface area contributed by atoms with Gasteiger partial charge in [-0.2, -0.15) is 8.42 Å². The van der Waals surface area contributed by atoms with Crippen LogP contribution in [0.15, 0.2) is 122 Å².